The molecule has 0 radical (unpaired) electrons. The van der Waals surface area contributed by atoms with Crippen LogP contribution in [0.25, 0.3) is 0 Å². The van der Waals surface area contributed by atoms with Crippen molar-refractivity contribution in [2.24, 2.45) is 0 Å². The van der Waals surface area contributed by atoms with Crippen molar-refractivity contribution in [2.45, 2.75) is 33.0 Å². The Morgan fingerprint density at radius 2 is 1.89 bits per heavy atom. The normalized spacial score (nSPS) is 10.5. The number of nitrogens with zero attached hydrogens (tertiary/aromatic N) is 3. The highest BCUT2D eigenvalue weighted by molar-refractivity contribution is 5.56. The lowest BCUT2D eigenvalue weighted by atomic mass is 10.0. The van der Waals surface area contributed by atoms with Crippen molar-refractivity contribution >= 4 is 5.82 Å². The zero-order valence-corrected chi connectivity index (χ0v) is 11.9. The molecule has 1 aromatic heterocycles. The summed E-state index contributed by atoms with van der Waals surface area (Å²) in [7, 11) is 3.12. The zero-order chi connectivity index (χ0) is 14.3. The van der Waals surface area contributed by atoms with Crippen LogP contribution in [-0.4, -0.2) is 37.3 Å². The third kappa shape index (κ3) is 3.63. The van der Waals surface area contributed by atoms with Gasteiger partial charge in [0.1, 0.15) is 11.6 Å². The maximum absolute atomic E-state index is 9.31. The van der Waals surface area contributed by atoms with Crippen LogP contribution in [0.3, 0.4) is 0 Å². The highest BCUT2D eigenvalue weighted by Crippen LogP contribution is 2.19. The summed E-state index contributed by atoms with van der Waals surface area (Å²) in [6.45, 7) is 4.42. The quantitative estimate of drug-likeness (QED) is 0.752. The Kier molecular flexibility index (Phi) is 6.19. The molecule has 0 aromatic carbocycles. The van der Waals surface area contributed by atoms with Crippen LogP contribution in [-0.2, 0) is 22.3 Å². The smallest absolute Gasteiger partial charge is 0.173 e. The van der Waals surface area contributed by atoms with Crippen LogP contribution < -0.4 is 5.32 Å². The van der Waals surface area contributed by atoms with Gasteiger partial charge in [0.05, 0.1) is 12.2 Å². The van der Waals surface area contributed by atoms with Crippen LogP contribution in [0.2, 0.25) is 0 Å². The van der Waals surface area contributed by atoms with Gasteiger partial charge in [0.15, 0.2) is 12.1 Å². The molecule has 0 saturated carbocycles. The van der Waals surface area contributed by atoms with Gasteiger partial charge in [-0.25, -0.2) is 0 Å². The maximum atomic E-state index is 9.31. The Morgan fingerprint density at radius 1 is 1.21 bits per heavy atom. The van der Waals surface area contributed by atoms with Crippen molar-refractivity contribution in [3.05, 3.63) is 16.8 Å². The number of anilines is 1. The molecule has 1 heterocycles. The van der Waals surface area contributed by atoms with Crippen molar-refractivity contribution in [2.75, 3.05) is 26.1 Å². The van der Waals surface area contributed by atoms with Crippen LogP contribution in [0.5, 0.6) is 0 Å². The van der Waals surface area contributed by atoms with Crippen LogP contribution in [0.4, 0.5) is 5.82 Å². The highest BCUT2D eigenvalue weighted by atomic mass is 16.7. The molecule has 0 bridgehead atoms. The molecule has 6 heteroatoms. The summed E-state index contributed by atoms with van der Waals surface area (Å²) in [4.78, 5) is 0. The minimum absolute atomic E-state index is 0.385. The first-order valence-corrected chi connectivity index (χ1v) is 6.29. The monoisotopic (exact) mass is 264 g/mol. The molecule has 1 aromatic rings. The number of rotatable bonds is 7. The molecule has 6 nitrogen and oxygen atoms in total. The number of aromatic nitrogens is 2. The van der Waals surface area contributed by atoms with E-state index in [1.807, 2.05) is 13.8 Å². The first kappa shape index (κ1) is 15.3. The number of hydrogen-bond donors (Lipinski definition) is 1. The van der Waals surface area contributed by atoms with E-state index in [-0.39, 0.29) is 6.29 Å². The lowest BCUT2D eigenvalue weighted by molar-refractivity contribution is -0.0914. The number of nitrogens with one attached hydrogen (secondary N) is 1. The second-order valence-corrected chi connectivity index (χ2v) is 3.95. The number of methoxy groups -OCH3 is 2. The van der Waals surface area contributed by atoms with Gasteiger partial charge in [0.25, 0.3) is 0 Å². The van der Waals surface area contributed by atoms with E-state index in [1.54, 1.807) is 14.2 Å². The predicted molar refractivity (Wildman–Crippen MR) is 71.8 cm³/mol. The minimum Gasteiger partial charge on any atom is -0.362 e. The van der Waals surface area contributed by atoms with Gasteiger partial charge in [-0.05, 0) is 18.4 Å². The van der Waals surface area contributed by atoms with Gasteiger partial charge in [-0.15, -0.1) is 5.10 Å². The van der Waals surface area contributed by atoms with Gasteiger partial charge in [-0.2, -0.15) is 10.4 Å². The van der Waals surface area contributed by atoms with E-state index < -0.39 is 0 Å². The molecule has 0 spiro atoms. The minimum atomic E-state index is -0.385. The fraction of sp³-hybridized carbons (Fsp3) is 0.615. The molecule has 0 saturated heterocycles. The average molecular weight is 264 g/mol. The van der Waals surface area contributed by atoms with E-state index in [0.717, 1.165) is 24.1 Å². The van der Waals surface area contributed by atoms with E-state index in [9.17, 15) is 5.26 Å². The number of hydrogen-bond acceptors (Lipinski definition) is 6. The molecule has 0 fully saturated rings. The van der Waals surface area contributed by atoms with E-state index in [4.69, 9.17) is 9.47 Å². The Bertz CT molecular complexity index is 453. The summed E-state index contributed by atoms with van der Waals surface area (Å²) in [6, 6.07) is 2.20. The summed E-state index contributed by atoms with van der Waals surface area (Å²) < 4.78 is 10.2. The third-order valence-corrected chi connectivity index (χ3v) is 2.92. The average Bonchev–Trinajstić information content (AvgIpc) is 2.47. The summed E-state index contributed by atoms with van der Waals surface area (Å²) in [5.41, 5.74) is 2.38. The zero-order valence-electron chi connectivity index (χ0n) is 11.9. The molecule has 1 N–H and O–H groups in total. The van der Waals surface area contributed by atoms with E-state index in [0.29, 0.717) is 17.9 Å². The van der Waals surface area contributed by atoms with Gasteiger partial charge in [0, 0.05) is 14.2 Å². The van der Waals surface area contributed by atoms with E-state index >= 15 is 0 Å². The molecule has 0 atom stereocenters. The predicted octanol–water partition coefficient (Wildman–Crippen LogP) is 1.50. The second-order valence-electron chi connectivity index (χ2n) is 3.95. The molecule has 0 aliphatic rings. The lowest BCUT2D eigenvalue weighted by Crippen LogP contribution is -2.25. The Hall–Kier alpha value is -1.71. The van der Waals surface area contributed by atoms with Crippen molar-refractivity contribution < 1.29 is 9.47 Å². The van der Waals surface area contributed by atoms with Crippen LogP contribution in [0.1, 0.15) is 30.7 Å². The molecule has 19 heavy (non-hydrogen) atoms. The van der Waals surface area contributed by atoms with Crippen LogP contribution in [0, 0.1) is 11.3 Å². The first-order valence-electron chi connectivity index (χ1n) is 6.29. The molecular formula is C13H20N4O2. The largest absolute Gasteiger partial charge is 0.362 e. The number of aryl methyl sites for hydroxylation is 1. The van der Waals surface area contributed by atoms with Crippen molar-refractivity contribution in [3.8, 4) is 6.07 Å². The lowest BCUT2D eigenvalue weighted by Gasteiger charge is -2.16. The van der Waals surface area contributed by atoms with Crippen molar-refractivity contribution in [1.82, 2.24) is 10.2 Å². The summed E-state index contributed by atoms with van der Waals surface area (Å²) in [6.07, 6.45) is 1.14. The van der Waals surface area contributed by atoms with E-state index in [1.165, 1.54) is 0 Å². The molecule has 104 valence electrons. The molecule has 0 amide bonds. The summed E-state index contributed by atoms with van der Waals surface area (Å²) >= 11 is 0. The van der Waals surface area contributed by atoms with Crippen molar-refractivity contribution in [3.63, 3.8) is 0 Å². The van der Waals surface area contributed by atoms with Gasteiger partial charge in [-0.1, -0.05) is 13.8 Å². The van der Waals surface area contributed by atoms with Gasteiger partial charge >= 0.3 is 0 Å². The number of ether oxygens (including phenoxy) is 2. The first-order chi connectivity index (χ1) is 9.21. The number of nitriles is 1. The summed E-state index contributed by atoms with van der Waals surface area (Å²) in [5.74, 6) is 0.482. The van der Waals surface area contributed by atoms with Crippen LogP contribution in [0.15, 0.2) is 0 Å². The van der Waals surface area contributed by atoms with Gasteiger partial charge in [0.2, 0.25) is 0 Å². The maximum Gasteiger partial charge on any atom is 0.173 e. The Labute approximate surface area is 113 Å². The standard InChI is InChI=1S/C13H20N4O2/c1-5-9-10(7-14)13(17-16-11(9)6-2)15-8-12(18-3)19-4/h12H,5-6,8H2,1-4H3,(H,15,17). The highest BCUT2D eigenvalue weighted by Gasteiger charge is 2.15. The second kappa shape index (κ2) is 7.67. The fourth-order valence-electron chi connectivity index (χ4n) is 1.86. The van der Waals surface area contributed by atoms with Gasteiger partial charge in [-0.3, -0.25) is 0 Å². The Balaban J connectivity index is 2.99. The molecule has 0 aliphatic carbocycles. The fourth-order valence-corrected chi connectivity index (χ4v) is 1.86. The molecule has 1 rings (SSSR count). The SMILES string of the molecule is CCc1nnc(NCC(OC)OC)c(C#N)c1CC. The topological polar surface area (TPSA) is 80.1 Å². The molecule has 0 unspecified atom stereocenters. The van der Waals surface area contributed by atoms with Gasteiger partial charge < -0.3 is 14.8 Å². The van der Waals surface area contributed by atoms with Crippen LogP contribution >= 0.6 is 0 Å². The third-order valence-electron chi connectivity index (χ3n) is 2.92. The summed E-state index contributed by atoms with van der Waals surface area (Å²) in [5, 5.41) is 20.6. The Morgan fingerprint density at radius 3 is 2.37 bits per heavy atom. The molecular weight excluding hydrogens is 244 g/mol. The van der Waals surface area contributed by atoms with Crippen molar-refractivity contribution in [1.29, 1.82) is 5.26 Å². The molecule has 0 aliphatic heterocycles. The van der Waals surface area contributed by atoms with E-state index in [2.05, 4.69) is 21.6 Å².